The molecule has 0 aliphatic heterocycles. The summed E-state index contributed by atoms with van der Waals surface area (Å²) in [5.41, 5.74) is 0. The van der Waals surface area contributed by atoms with Gasteiger partial charge in [0.05, 0.1) is 4.90 Å². The highest BCUT2D eigenvalue weighted by molar-refractivity contribution is 8.76. The van der Waals surface area contributed by atoms with E-state index in [4.69, 9.17) is 0 Å². The summed E-state index contributed by atoms with van der Waals surface area (Å²) in [6.07, 6.45) is 0. The molecule has 0 saturated carbocycles. The molecule has 0 atom stereocenters. The van der Waals surface area contributed by atoms with Gasteiger partial charge in [-0.3, -0.25) is 0 Å². The van der Waals surface area contributed by atoms with Crippen LogP contribution in [0.1, 0.15) is 6.92 Å². The largest absolute Gasteiger partial charge is 0.206 e. The van der Waals surface area contributed by atoms with E-state index in [0.29, 0.717) is 0 Å². The van der Waals surface area contributed by atoms with Crippen LogP contribution in [-0.2, 0) is 0 Å². The molecular formula is C8H9FS2. The van der Waals surface area contributed by atoms with Gasteiger partial charge in [-0.25, -0.2) is 4.39 Å². The van der Waals surface area contributed by atoms with Gasteiger partial charge in [0, 0.05) is 5.75 Å². The second-order valence-corrected chi connectivity index (χ2v) is 4.55. The molecule has 0 aliphatic rings. The molecule has 0 unspecified atom stereocenters. The van der Waals surface area contributed by atoms with Crippen LogP contribution in [0.15, 0.2) is 29.2 Å². The van der Waals surface area contributed by atoms with Crippen molar-refractivity contribution in [2.45, 2.75) is 11.8 Å². The summed E-state index contributed by atoms with van der Waals surface area (Å²) in [4.78, 5) is 0.722. The topological polar surface area (TPSA) is 0 Å². The molecule has 0 fully saturated rings. The van der Waals surface area contributed by atoms with Crippen molar-refractivity contribution in [2.75, 3.05) is 5.75 Å². The van der Waals surface area contributed by atoms with Crippen LogP contribution in [0.25, 0.3) is 0 Å². The molecule has 3 heteroatoms. The van der Waals surface area contributed by atoms with Gasteiger partial charge < -0.3 is 0 Å². The Morgan fingerprint density at radius 3 is 2.73 bits per heavy atom. The van der Waals surface area contributed by atoms with E-state index in [1.807, 2.05) is 6.07 Å². The molecule has 11 heavy (non-hydrogen) atoms. The Balaban J connectivity index is 2.62. The maximum absolute atomic E-state index is 12.9. The minimum atomic E-state index is -0.126. The molecule has 0 aliphatic carbocycles. The van der Waals surface area contributed by atoms with Crippen LogP contribution >= 0.6 is 21.6 Å². The number of halogens is 1. The molecule has 1 aromatic rings. The van der Waals surface area contributed by atoms with Gasteiger partial charge in [-0.05, 0) is 12.1 Å². The van der Waals surface area contributed by atoms with E-state index in [0.717, 1.165) is 10.6 Å². The summed E-state index contributed by atoms with van der Waals surface area (Å²) in [6, 6.07) is 6.83. The van der Waals surface area contributed by atoms with E-state index in [9.17, 15) is 4.39 Å². The molecule has 0 saturated heterocycles. The van der Waals surface area contributed by atoms with E-state index in [1.165, 1.54) is 16.9 Å². The summed E-state index contributed by atoms with van der Waals surface area (Å²) in [5, 5.41) is 0. The van der Waals surface area contributed by atoms with Crippen molar-refractivity contribution in [1.29, 1.82) is 0 Å². The standard InChI is InChI=1S/C8H9FS2/c1-2-10-11-8-6-4-3-5-7(8)9/h3-6H,2H2,1H3. The summed E-state index contributed by atoms with van der Waals surface area (Å²) in [5.74, 6) is 0.873. The summed E-state index contributed by atoms with van der Waals surface area (Å²) in [6.45, 7) is 2.05. The minimum absolute atomic E-state index is 0.126. The first-order valence-electron chi connectivity index (χ1n) is 3.38. The average Bonchev–Trinajstić information content (AvgIpc) is 2.03. The van der Waals surface area contributed by atoms with Gasteiger partial charge >= 0.3 is 0 Å². The molecule has 0 aromatic heterocycles. The van der Waals surface area contributed by atoms with Crippen LogP contribution in [0.3, 0.4) is 0 Å². The van der Waals surface area contributed by atoms with Crippen molar-refractivity contribution in [3.8, 4) is 0 Å². The molecule has 0 N–H and O–H groups in total. The van der Waals surface area contributed by atoms with E-state index in [-0.39, 0.29) is 5.82 Å². The van der Waals surface area contributed by atoms with Crippen molar-refractivity contribution in [2.24, 2.45) is 0 Å². The highest BCUT2D eigenvalue weighted by Crippen LogP contribution is 2.31. The lowest BCUT2D eigenvalue weighted by Gasteiger charge is -1.98. The fraction of sp³-hybridized carbons (Fsp3) is 0.250. The van der Waals surface area contributed by atoms with Crippen molar-refractivity contribution in [3.63, 3.8) is 0 Å². The maximum atomic E-state index is 12.9. The number of hydrogen-bond donors (Lipinski definition) is 0. The van der Waals surface area contributed by atoms with E-state index in [1.54, 1.807) is 22.9 Å². The smallest absolute Gasteiger partial charge is 0.137 e. The highest BCUT2D eigenvalue weighted by atomic mass is 33.1. The van der Waals surface area contributed by atoms with Crippen LogP contribution in [0, 0.1) is 5.82 Å². The Morgan fingerprint density at radius 2 is 2.09 bits per heavy atom. The lowest BCUT2D eigenvalue weighted by Crippen LogP contribution is -1.75. The highest BCUT2D eigenvalue weighted by Gasteiger charge is 1.99. The third kappa shape index (κ3) is 2.75. The first-order valence-corrected chi connectivity index (χ1v) is 5.70. The Bertz CT molecular complexity index is 225. The number of benzene rings is 1. The van der Waals surface area contributed by atoms with Gasteiger partial charge in [0.25, 0.3) is 0 Å². The van der Waals surface area contributed by atoms with Gasteiger partial charge in [-0.1, -0.05) is 40.6 Å². The van der Waals surface area contributed by atoms with E-state index >= 15 is 0 Å². The van der Waals surface area contributed by atoms with Gasteiger partial charge in [-0.2, -0.15) is 0 Å². The number of rotatable bonds is 3. The monoisotopic (exact) mass is 188 g/mol. The second-order valence-electron chi connectivity index (χ2n) is 1.92. The second kappa shape index (κ2) is 4.67. The minimum Gasteiger partial charge on any atom is -0.206 e. The van der Waals surface area contributed by atoms with Crippen LogP contribution in [0.4, 0.5) is 4.39 Å². The molecule has 60 valence electrons. The molecule has 0 heterocycles. The van der Waals surface area contributed by atoms with Crippen molar-refractivity contribution >= 4 is 21.6 Å². The summed E-state index contributed by atoms with van der Waals surface area (Å²) < 4.78 is 12.9. The fourth-order valence-electron chi connectivity index (χ4n) is 0.635. The van der Waals surface area contributed by atoms with Crippen LogP contribution in [0.5, 0.6) is 0 Å². The Morgan fingerprint density at radius 1 is 1.36 bits per heavy atom. The van der Waals surface area contributed by atoms with Gasteiger partial charge in [0.15, 0.2) is 0 Å². The average molecular weight is 188 g/mol. The molecular weight excluding hydrogens is 179 g/mol. The molecule has 0 radical (unpaired) electrons. The van der Waals surface area contributed by atoms with E-state index < -0.39 is 0 Å². The zero-order valence-electron chi connectivity index (χ0n) is 6.21. The SMILES string of the molecule is CCSSc1ccccc1F. The third-order valence-corrected chi connectivity index (χ3v) is 3.57. The zero-order valence-corrected chi connectivity index (χ0v) is 7.84. The summed E-state index contributed by atoms with van der Waals surface area (Å²) >= 11 is 0. The third-order valence-electron chi connectivity index (χ3n) is 1.10. The Kier molecular flexibility index (Phi) is 3.80. The van der Waals surface area contributed by atoms with Gasteiger partial charge in [0.1, 0.15) is 5.82 Å². The quantitative estimate of drug-likeness (QED) is 0.665. The lowest BCUT2D eigenvalue weighted by atomic mass is 10.4. The predicted molar refractivity (Wildman–Crippen MR) is 50.4 cm³/mol. The van der Waals surface area contributed by atoms with Crippen LogP contribution in [-0.4, -0.2) is 5.75 Å². The first kappa shape index (κ1) is 8.94. The number of hydrogen-bond acceptors (Lipinski definition) is 2. The molecule has 0 bridgehead atoms. The lowest BCUT2D eigenvalue weighted by molar-refractivity contribution is 0.602. The van der Waals surface area contributed by atoms with Crippen molar-refractivity contribution < 1.29 is 4.39 Å². The normalized spacial score (nSPS) is 10.0. The van der Waals surface area contributed by atoms with Gasteiger partial charge in [-0.15, -0.1) is 0 Å². The zero-order chi connectivity index (χ0) is 8.10. The molecule has 0 nitrogen and oxygen atoms in total. The molecule has 1 rings (SSSR count). The van der Waals surface area contributed by atoms with E-state index in [2.05, 4.69) is 6.92 Å². The Labute approximate surface area is 74.0 Å². The molecule has 0 spiro atoms. The van der Waals surface area contributed by atoms with Crippen molar-refractivity contribution in [1.82, 2.24) is 0 Å². The van der Waals surface area contributed by atoms with Crippen LogP contribution in [0.2, 0.25) is 0 Å². The molecule has 1 aromatic carbocycles. The molecule has 0 amide bonds. The summed E-state index contributed by atoms with van der Waals surface area (Å²) in [7, 11) is 3.14. The maximum Gasteiger partial charge on any atom is 0.137 e. The Hall–Kier alpha value is -0.150. The fourth-order valence-corrected chi connectivity index (χ4v) is 2.30. The van der Waals surface area contributed by atoms with Crippen molar-refractivity contribution in [3.05, 3.63) is 30.1 Å². The predicted octanol–water partition coefficient (Wildman–Crippen LogP) is 3.59. The van der Waals surface area contributed by atoms with Crippen LogP contribution < -0.4 is 0 Å². The first-order chi connectivity index (χ1) is 5.34. The van der Waals surface area contributed by atoms with Gasteiger partial charge in [0.2, 0.25) is 0 Å².